The van der Waals surface area contributed by atoms with Crippen LogP contribution in [0.4, 0.5) is 0 Å². The van der Waals surface area contributed by atoms with Gasteiger partial charge in [0.1, 0.15) is 0 Å². The Morgan fingerprint density at radius 1 is 0.600 bits per heavy atom. The van der Waals surface area contributed by atoms with Crippen LogP contribution in [0.15, 0.2) is 34.5 Å². The van der Waals surface area contributed by atoms with Crippen LogP contribution in [-0.4, -0.2) is 51.6 Å². The molecule has 3 heterocycles. The second-order valence-corrected chi connectivity index (χ2v) is 10.7. The fourth-order valence-corrected chi connectivity index (χ4v) is 6.73. The molecule has 3 rings (SSSR count). The van der Waals surface area contributed by atoms with E-state index in [1.165, 1.54) is 64.8 Å². The minimum atomic E-state index is -1.00. The maximum atomic E-state index is 10.0. The van der Waals surface area contributed by atoms with Crippen LogP contribution in [-0.2, 0) is 14.4 Å². The van der Waals surface area contributed by atoms with E-state index < -0.39 is 33.7 Å². The number of aliphatic carboxylic acids is 3. The molecule has 0 aromatic heterocycles. The smallest absolute Gasteiger partial charge is 0.549 e. The van der Waals surface area contributed by atoms with Gasteiger partial charge in [-0.2, -0.15) is 0 Å². The normalized spacial score (nSPS) is 25.2. The van der Waals surface area contributed by atoms with Crippen LogP contribution < -0.4 is 15.3 Å². The Kier molecular flexibility index (Phi) is 14.5. The number of carboxylic acid groups (broad SMARTS) is 3. The van der Waals surface area contributed by atoms with Crippen LogP contribution in [0.25, 0.3) is 0 Å². The van der Waals surface area contributed by atoms with E-state index in [9.17, 15) is 29.7 Å². The number of carbonyl (C=O) groups is 3. The number of carboxylic acids is 3. The quantitative estimate of drug-likeness (QED) is 0.360. The van der Waals surface area contributed by atoms with Crippen LogP contribution >= 0.6 is 64.8 Å². The Labute approximate surface area is 179 Å². The van der Waals surface area contributed by atoms with Gasteiger partial charge in [0.2, 0.25) is 0 Å². The fraction of sp³-hybridized carbons (Fsp3) is 0.250. The van der Waals surface area contributed by atoms with Crippen molar-refractivity contribution in [3.63, 3.8) is 0 Å². The molecule has 3 atom stereocenters. The van der Waals surface area contributed by atoms with E-state index >= 15 is 0 Å². The molecule has 0 spiro atoms. The van der Waals surface area contributed by atoms with Crippen molar-refractivity contribution in [2.24, 2.45) is 0 Å². The zero-order chi connectivity index (χ0) is 17.9. The summed E-state index contributed by atoms with van der Waals surface area (Å²) in [6, 6.07) is 0. The van der Waals surface area contributed by atoms with Crippen LogP contribution in [0.5, 0.6) is 0 Å². The molecule has 0 amide bonds. The molecule has 25 heavy (non-hydrogen) atoms. The zero-order valence-electron chi connectivity index (χ0n) is 12.0. The second kappa shape index (κ2) is 14.4. The van der Waals surface area contributed by atoms with E-state index in [-0.39, 0.29) is 18.0 Å². The van der Waals surface area contributed by atoms with E-state index in [1.807, 2.05) is 0 Å². The van der Waals surface area contributed by atoms with E-state index in [4.69, 9.17) is 0 Å². The molecule has 2 radical (unpaired) electrons. The summed E-state index contributed by atoms with van der Waals surface area (Å²) in [7, 11) is 8.16. The van der Waals surface area contributed by atoms with E-state index in [2.05, 4.69) is 0 Å². The maximum Gasteiger partial charge on any atom is 3.00 e. The summed E-state index contributed by atoms with van der Waals surface area (Å²) in [5, 5.41) is 34.0. The van der Waals surface area contributed by atoms with Crippen molar-refractivity contribution >= 4 is 101 Å². The Bertz CT molecular complexity index is 478. The van der Waals surface area contributed by atoms with Crippen LogP contribution in [0.2, 0.25) is 0 Å². The summed E-state index contributed by atoms with van der Waals surface area (Å²) in [6.45, 7) is 0. The standard InChI is InChI=1S/3C4H4O2S2.As/c3*5-4(6)3-1-2-7-8-3;/h3*1-3H,(H,5,6);/q;;;+3/p-3. The van der Waals surface area contributed by atoms with Gasteiger partial charge in [-0.3, -0.25) is 0 Å². The van der Waals surface area contributed by atoms with Gasteiger partial charge in [0.15, 0.2) is 0 Å². The van der Waals surface area contributed by atoms with E-state index in [0.29, 0.717) is 0 Å². The summed E-state index contributed by atoms with van der Waals surface area (Å²) in [6.07, 6.45) is 4.85. The van der Waals surface area contributed by atoms with Crippen molar-refractivity contribution in [1.29, 1.82) is 0 Å². The molecule has 134 valence electrons. The molecule has 0 aromatic rings. The SMILES string of the molecule is O=C([O-])C1C=CSS1.O=C([O-])C1C=CSS1.O=C([O-])C1C=CSS1.[As+3]. The molecule has 3 aliphatic heterocycles. The van der Waals surface area contributed by atoms with Gasteiger partial charge in [0, 0.05) is 0 Å². The first-order valence-electron chi connectivity index (χ1n) is 6.00. The van der Waals surface area contributed by atoms with Gasteiger partial charge in [0.25, 0.3) is 0 Å². The summed E-state index contributed by atoms with van der Waals surface area (Å²) in [5.74, 6) is -3.01. The Morgan fingerprint density at radius 2 is 0.840 bits per heavy atom. The minimum Gasteiger partial charge on any atom is -0.549 e. The second-order valence-electron chi connectivity index (χ2n) is 3.78. The predicted molar refractivity (Wildman–Crippen MR) is 105 cm³/mol. The summed E-state index contributed by atoms with van der Waals surface area (Å²) < 4.78 is 0. The largest absolute Gasteiger partial charge is 3.00 e. The molecule has 0 saturated heterocycles. The first-order chi connectivity index (χ1) is 11.4. The minimum absolute atomic E-state index is 0. The number of hydrogen-bond acceptors (Lipinski definition) is 12. The molecule has 0 saturated carbocycles. The van der Waals surface area contributed by atoms with Crippen LogP contribution in [0, 0.1) is 0 Å². The van der Waals surface area contributed by atoms with Crippen molar-refractivity contribution in [1.82, 2.24) is 0 Å². The van der Waals surface area contributed by atoms with Crippen molar-refractivity contribution in [2.75, 3.05) is 0 Å². The average molecular weight is 517 g/mol. The Hall–Kier alpha value is 0.288. The van der Waals surface area contributed by atoms with E-state index in [1.54, 1.807) is 34.5 Å². The molecular formula is C12H9AsO6S6. The Balaban J connectivity index is 0.000000339. The Morgan fingerprint density at radius 3 is 0.920 bits per heavy atom. The van der Waals surface area contributed by atoms with Gasteiger partial charge in [-0.05, 0) is 16.2 Å². The van der Waals surface area contributed by atoms with Gasteiger partial charge in [-0.15, -0.1) is 0 Å². The van der Waals surface area contributed by atoms with Crippen LogP contribution in [0.3, 0.4) is 0 Å². The molecular weight excluding hydrogens is 507 g/mol. The third-order valence-corrected chi connectivity index (χ3v) is 8.78. The summed E-state index contributed by atoms with van der Waals surface area (Å²) in [5.41, 5.74) is 0. The fourth-order valence-electron chi connectivity index (χ4n) is 1.04. The number of rotatable bonds is 3. The third kappa shape index (κ3) is 10.9. The molecule has 3 unspecified atom stereocenters. The van der Waals surface area contributed by atoms with Gasteiger partial charge in [0.05, 0.1) is 33.7 Å². The average Bonchev–Trinajstić information content (AvgIpc) is 3.29. The molecule has 0 aromatic carbocycles. The van der Waals surface area contributed by atoms with Crippen molar-refractivity contribution in [2.45, 2.75) is 15.7 Å². The van der Waals surface area contributed by atoms with Gasteiger partial charge >= 0.3 is 18.0 Å². The van der Waals surface area contributed by atoms with Gasteiger partial charge in [-0.1, -0.05) is 83.0 Å². The maximum absolute atomic E-state index is 10.0. The van der Waals surface area contributed by atoms with E-state index in [0.717, 1.165) is 0 Å². The molecule has 3 aliphatic rings. The van der Waals surface area contributed by atoms with Gasteiger partial charge < -0.3 is 29.7 Å². The monoisotopic (exact) mass is 516 g/mol. The topological polar surface area (TPSA) is 120 Å². The molecule has 0 bridgehead atoms. The predicted octanol–water partition coefficient (Wildman–Crippen LogP) is -0.340. The zero-order valence-corrected chi connectivity index (χ0v) is 18.8. The molecule has 0 aliphatic carbocycles. The number of carbonyl (C=O) groups excluding carboxylic acids is 3. The van der Waals surface area contributed by atoms with Crippen molar-refractivity contribution < 1.29 is 29.7 Å². The summed E-state index contributed by atoms with van der Waals surface area (Å²) in [4.78, 5) is 30.0. The molecule has 0 N–H and O–H groups in total. The van der Waals surface area contributed by atoms with Crippen LogP contribution in [0.1, 0.15) is 0 Å². The third-order valence-electron chi connectivity index (χ3n) is 2.10. The first kappa shape index (κ1) is 25.3. The first-order valence-corrected chi connectivity index (χ1v) is 12.8. The van der Waals surface area contributed by atoms with Crippen molar-refractivity contribution in [3.8, 4) is 0 Å². The van der Waals surface area contributed by atoms with Crippen molar-refractivity contribution in [3.05, 3.63) is 34.5 Å². The number of hydrogen-bond donors (Lipinski definition) is 0. The van der Waals surface area contributed by atoms with Gasteiger partial charge in [-0.25, -0.2) is 0 Å². The summed E-state index contributed by atoms with van der Waals surface area (Å²) >= 11 is 0. The molecule has 0 fully saturated rings. The molecule has 6 nitrogen and oxygen atoms in total. The molecule has 13 heteroatoms.